The van der Waals surface area contributed by atoms with Gasteiger partial charge in [-0.1, -0.05) is 0 Å². The number of aromatic nitrogens is 2. The van der Waals surface area contributed by atoms with Crippen LogP contribution in [0.1, 0.15) is 31.6 Å². The second kappa shape index (κ2) is 3.94. The van der Waals surface area contributed by atoms with E-state index in [-0.39, 0.29) is 11.5 Å². The molecule has 4 heteroatoms. The van der Waals surface area contributed by atoms with Crippen molar-refractivity contribution in [1.82, 2.24) is 14.9 Å². The van der Waals surface area contributed by atoms with Gasteiger partial charge >= 0.3 is 0 Å². The van der Waals surface area contributed by atoms with E-state index in [4.69, 9.17) is 0 Å². The molecule has 0 saturated heterocycles. The van der Waals surface area contributed by atoms with Gasteiger partial charge in [-0.3, -0.25) is 0 Å². The number of aryl methyl sites for hydroxylation is 1. The number of aliphatic hydroxyl groups excluding tert-OH is 1. The normalized spacial score (nSPS) is 20.2. The summed E-state index contributed by atoms with van der Waals surface area (Å²) in [5.74, 6) is 1.05. The van der Waals surface area contributed by atoms with Crippen LogP contribution in [-0.4, -0.2) is 27.8 Å². The van der Waals surface area contributed by atoms with Gasteiger partial charge in [-0.25, -0.2) is 4.98 Å². The highest BCUT2D eigenvalue weighted by molar-refractivity contribution is 5.00. The van der Waals surface area contributed by atoms with Crippen LogP contribution >= 0.6 is 0 Å². The van der Waals surface area contributed by atoms with Crippen molar-refractivity contribution in [2.75, 3.05) is 13.2 Å². The lowest BCUT2D eigenvalue weighted by molar-refractivity contribution is 0.204. The smallest absolute Gasteiger partial charge is 0.125 e. The van der Waals surface area contributed by atoms with Crippen molar-refractivity contribution in [1.29, 1.82) is 0 Å². The van der Waals surface area contributed by atoms with E-state index in [0.717, 1.165) is 25.2 Å². The Morgan fingerprint density at radius 3 is 2.87 bits per heavy atom. The molecular weight excluding hydrogens is 190 g/mol. The van der Waals surface area contributed by atoms with Crippen molar-refractivity contribution < 1.29 is 5.11 Å². The van der Waals surface area contributed by atoms with Gasteiger partial charge in [-0.2, -0.15) is 0 Å². The lowest BCUT2D eigenvalue weighted by Gasteiger charge is -2.18. The Morgan fingerprint density at radius 2 is 2.40 bits per heavy atom. The summed E-state index contributed by atoms with van der Waals surface area (Å²) in [6.45, 7) is 3.29. The van der Waals surface area contributed by atoms with Crippen molar-refractivity contribution in [3.8, 4) is 0 Å². The summed E-state index contributed by atoms with van der Waals surface area (Å²) >= 11 is 0. The summed E-state index contributed by atoms with van der Waals surface area (Å²) in [4.78, 5) is 4.30. The van der Waals surface area contributed by atoms with Crippen LogP contribution in [0.4, 0.5) is 0 Å². The van der Waals surface area contributed by atoms with E-state index in [9.17, 15) is 5.11 Å². The summed E-state index contributed by atoms with van der Waals surface area (Å²) in [6, 6.07) is 0.244. The number of nitrogens with zero attached hydrogens (tertiary/aromatic N) is 2. The van der Waals surface area contributed by atoms with E-state index in [1.807, 2.05) is 24.0 Å². The summed E-state index contributed by atoms with van der Waals surface area (Å²) in [6.07, 6.45) is 6.05. The topological polar surface area (TPSA) is 50.1 Å². The van der Waals surface area contributed by atoms with Crippen LogP contribution in [0.3, 0.4) is 0 Å². The first-order chi connectivity index (χ1) is 7.17. The summed E-state index contributed by atoms with van der Waals surface area (Å²) in [7, 11) is 2.00. The molecule has 15 heavy (non-hydrogen) atoms. The quantitative estimate of drug-likeness (QED) is 0.755. The van der Waals surface area contributed by atoms with Gasteiger partial charge < -0.3 is 15.0 Å². The Hall–Kier alpha value is -0.870. The molecule has 84 valence electrons. The van der Waals surface area contributed by atoms with Crippen molar-refractivity contribution in [2.24, 2.45) is 12.5 Å². The molecule has 1 aromatic heterocycles. The summed E-state index contributed by atoms with van der Waals surface area (Å²) in [5.41, 5.74) is 0.166. The molecular formula is C11H19N3O. The first-order valence-electron chi connectivity index (χ1n) is 5.48. The highest BCUT2D eigenvalue weighted by atomic mass is 16.3. The van der Waals surface area contributed by atoms with Gasteiger partial charge in [0.25, 0.3) is 0 Å². The third-order valence-electron chi connectivity index (χ3n) is 3.32. The van der Waals surface area contributed by atoms with E-state index in [0.29, 0.717) is 6.61 Å². The molecule has 0 spiro atoms. The summed E-state index contributed by atoms with van der Waals surface area (Å²) < 4.78 is 2.02. The lowest BCUT2D eigenvalue weighted by Crippen LogP contribution is -2.30. The molecule has 1 aliphatic rings. The zero-order valence-corrected chi connectivity index (χ0v) is 9.40. The molecule has 0 amide bonds. The number of hydrogen-bond acceptors (Lipinski definition) is 3. The molecule has 0 radical (unpaired) electrons. The maximum atomic E-state index is 9.19. The summed E-state index contributed by atoms with van der Waals surface area (Å²) in [5, 5.41) is 12.6. The van der Waals surface area contributed by atoms with Gasteiger partial charge in [-0.15, -0.1) is 0 Å². The van der Waals surface area contributed by atoms with Crippen LogP contribution in [0, 0.1) is 5.41 Å². The lowest BCUT2D eigenvalue weighted by atomic mass is 10.1. The maximum absolute atomic E-state index is 9.19. The van der Waals surface area contributed by atoms with E-state index < -0.39 is 0 Å². The maximum Gasteiger partial charge on any atom is 0.125 e. The van der Waals surface area contributed by atoms with Gasteiger partial charge in [0.15, 0.2) is 0 Å². The minimum absolute atomic E-state index is 0.166. The number of aliphatic hydroxyl groups is 1. The van der Waals surface area contributed by atoms with Crippen LogP contribution < -0.4 is 5.32 Å². The van der Waals surface area contributed by atoms with Gasteiger partial charge in [0.1, 0.15) is 5.82 Å². The molecule has 0 bridgehead atoms. The van der Waals surface area contributed by atoms with Crippen molar-refractivity contribution in [3.63, 3.8) is 0 Å². The van der Waals surface area contributed by atoms with Crippen LogP contribution in [0.5, 0.6) is 0 Å². The second-order valence-corrected chi connectivity index (χ2v) is 4.66. The number of imidazole rings is 1. The third kappa shape index (κ3) is 2.21. The Morgan fingerprint density at radius 1 is 1.67 bits per heavy atom. The van der Waals surface area contributed by atoms with E-state index in [2.05, 4.69) is 17.2 Å². The Kier molecular flexibility index (Phi) is 2.80. The minimum atomic E-state index is 0.166. The molecule has 1 atom stereocenters. The number of hydrogen-bond donors (Lipinski definition) is 2. The average molecular weight is 209 g/mol. The third-order valence-corrected chi connectivity index (χ3v) is 3.32. The second-order valence-electron chi connectivity index (χ2n) is 4.66. The zero-order valence-electron chi connectivity index (χ0n) is 9.40. The molecule has 1 aliphatic carbocycles. The van der Waals surface area contributed by atoms with Gasteiger partial charge in [0.05, 0.1) is 6.04 Å². The fourth-order valence-electron chi connectivity index (χ4n) is 1.82. The van der Waals surface area contributed by atoms with Crippen molar-refractivity contribution in [3.05, 3.63) is 18.2 Å². The van der Waals surface area contributed by atoms with Gasteiger partial charge in [-0.05, 0) is 19.8 Å². The molecule has 0 aliphatic heterocycles. The fourth-order valence-corrected chi connectivity index (χ4v) is 1.82. The van der Waals surface area contributed by atoms with Crippen LogP contribution in [0.15, 0.2) is 12.4 Å². The monoisotopic (exact) mass is 209 g/mol. The highest BCUT2D eigenvalue weighted by Crippen LogP contribution is 2.44. The van der Waals surface area contributed by atoms with Crippen LogP contribution in [0.2, 0.25) is 0 Å². The zero-order chi connectivity index (χ0) is 10.9. The molecule has 1 saturated carbocycles. The molecule has 2 N–H and O–H groups in total. The number of rotatable bonds is 5. The highest BCUT2D eigenvalue weighted by Gasteiger charge is 2.41. The van der Waals surface area contributed by atoms with Crippen molar-refractivity contribution >= 4 is 0 Å². The standard InChI is InChI=1S/C11H19N3O/c1-9(10-12-5-6-14(10)2)13-7-11(8-15)3-4-11/h5-6,9,13,15H,3-4,7-8H2,1-2H3. The fraction of sp³-hybridized carbons (Fsp3) is 0.727. The van der Waals surface area contributed by atoms with Gasteiger partial charge in [0, 0.05) is 38.0 Å². The van der Waals surface area contributed by atoms with Crippen molar-refractivity contribution in [2.45, 2.75) is 25.8 Å². The van der Waals surface area contributed by atoms with E-state index >= 15 is 0 Å². The average Bonchev–Trinajstić information content (AvgIpc) is 2.91. The molecule has 1 heterocycles. The van der Waals surface area contributed by atoms with E-state index in [1.165, 1.54) is 0 Å². The van der Waals surface area contributed by atoms with Crippen LogP contribution in [-0.2, 0) is 7.05 Å². The minimum Gasteiger partial charge on any atom is -0.396 e. The van der Waals surface area contributed by atoms with Gasteiger partial charge in [0.2, 0.25) is 0 Å². The molecule has 1 aromatic rings. The predicted molar refractivity (Wildman–Crippen MR) is 58.4 cm³/mol. The molecule has 1 fully saturated rings. The largest absolute Gasteiger partial charge is 0.396 e. The molecule has 2 rings (SSSR count). The molecule has 1 unspecified atom stereocenters. The predicted octanol–water partition coefficient (Wildman–Crippen LogP) is 0.843. The van der Waals surface area contributed by atoms with Crippen LogP contribution in [0.25, 0.3) is 0 Å². The van der Waals surface area contributed by atoms with E-state index in [1.54, 1.807) is 0 Å². The Balaban J connectivity index is 1.88. The molecule has 4 nitrogen and oxygen atoms in total. The number of nitrogens with one attached hydrogen (secondary N) is 1. The Labute approximate surface area is 90.3 Å². The first kappa shape index (κ1) is 10.6. The first-order valence-corrected chi connectivity index (χ1v) is 5.48. The molecule has 0 aromatic carbocycles. The SMILES string of the molecule is CC(NCC1(CO)CC1)c1nccn1C. The Bertz CT molecular complexity index is 330.